The van der Waals surface area contributed by atoms with Crippen LogP contribution in [0.15, 0.2) is 79.0 Å². The van der Waals surface area contributed by atoms with Gasteiger partial charge in [-0.3, -0.25) is 0 Å². The molecule has 0 unspecified atom stereocenters. The summed E-state index contributed by atoms with van der Waals surface area (Å²) in [5, 5.41) is 10.0. The van der Waals surface area contributed by atoms with E-state index in [-0.39, 0.29) is 5.82 Å². The number of hydrogen-bond acceptors (Lipinski definition) is 3. The van der Waals surface area contributed by atoms with Crippen molar-refractivity contribution in [3.8, 4) is 28.3 Å². The molecule has 0 aliphatic carbocycles. The van der Waals surface area contributed by atoms with E-state index in [2.05, 4.69) is 33.1 Å². The highest BCUT2D eigenvalue weighted by molar-refractivity contribution is 5.98. The van der Waals surface area contributed by atoms with Gasteiger partial charge in [-0.05, 0) is 55.0 Å². The fraction of sp³-hybridized carbons (Fsp3) is 0.120. The van der Waals surface area contributed by atoms with E-state index in [9.17, 15) is 4.39 Å². The summed E-state index contributed by atoms with van der Waals surface area (Å²) in [5.74, 6) is 0.599. The molecule has 0 spiro atoms. The van der Waals surface area contributed by atoms with Crippen molar-refractivity contribution in [3.63, 3.8) is 0 Å². The second kappa shape index (κ2) is 7.59. The molecule has 0 fully saturated rings. The molecule has 0 amide bonds. The standard InChI is InChI=1S/C25H20FN3O/c1-2-30-20-12-10-18(11-13-20)24-22-16-29(15-17-6-5-7-19(26)14-17)23-9-4-3-8-21(23)25(22)28-27-24/h3-14,16H,2,15H2,1H3. The third-order valence-corrected chi connectivity index (χ3v) is 5.19. The van der Waals surface area contributed by atoms with Crippen molar-refractivity contribution in [1.29, 1.82) is 0 Å². The topological polar surface area (TPSA) is 39.9 Å². The average Bonchev–Trinajstić information content (AvgIpc) is 3.19. The summed E-state index contributed by atoms with van der Waals surface area (Å²) < 4.78 is 21.4. The molecule has 0 atom stereocenters. The number of halogens is 1. The predicted octanol–water partition coefficient (Wildman–Crippen LogP) is 5.79. The molecular weight excluding hydrogens is 377 g/mol. The van der Waals surface area contributed by atoms with Crippen LogP contribution in [0.5, 0.6) is 5.75 Å². The summed E-state index contributed by atoms with van der Waals surface area (Å²) in [7, 11) is 0. The molecule has 3 aromatic rings. The van der Waals surface area contributed by atoms with E-state index >= 15 is 0 Å². The Bertz CT molecular complexity index is 1290. The Morgan fingerprint density at radius 1 is 0.900 bits per heavy atom. The average molecular weight is 397 g/mol. The third kappa shape index (κ3) is 3.28. The van der Waals surface area contributed by atoms with Crippen LogP contribution in [0.4, 0.5) is 4.39 Å². The zero-order valence-corrected chi connectivity index (χ0v) is 16.5. The molecule has 5 rings (SSSR count). The van der Waals surface area contributed by atoms with Gasteiger partial charge in [0.2, 0.25) is 0 Å². The molecular formula is C25H20FN3O. The molecule has 5 heteroatoms. The first-order valence-corrected chi connectivity index (χ1v) is 9.95. The Kier molecular flexibility index (Phi) is 4.64. The molecule has 4 nitrogen and oxygen atoms in total. The fourth-order valence-electron chi connectivity index (χ4n) is 3.84. The number of pyridine rings is 1. The molecule has 0 radical (unpaired) electrons. The van der Waals surface area contributed by atoms with Gasteiger partial charge in [0.1, 0.15) is 23.0 Å². The van der Waals surface area contributed by atoms with Crippen LogP contribution in [0.1, 0.15) is 12.5 Å². The SMILES string of the molecule is CCOc1ccc(-c2nnc3c4ccccc4n(Cc4cccc(F)c4)cc2-3)cc1. The van der Waals surface area contributed by atoms with Gasteiger partial charge in [0.15, 0.2) is 0 Å². The van der Waals surface area contributed by atoms with Crippen molar-refractivity contribution < 1.29 is 9.13 Å². The van der Waals surface area contributed by atoms with Crippen LogP contribution in [-0.2, 0) is 6.54 Å². The van der Waals surface area contributed by atoms with Crippen LogP contribution in [0.3, 0.4) is 0 Å². The highest BCUT2D eigenvalue weighted by atomic mass is 19.1. The van der Waals surface area contributed by atoms with Gasteiger partial charge in [-0.25, -0.2) is 4.39 Å². The van der Waals surface area contributed by atoms with Gasteiger partial charge >= 0.3 is 0 Å². The van der Waals surface area contributed by atoms with Gasteiger partial charge in [0.25, 0.3) is 0 Å². The molecule has 0 aromatic heterocycles. The van der Waals surface area contributed by atoms with E-state index in [1.165, 1.54) is 6.07 Å². The molecule has 3 aromatic carbocycles. The molecule has 148 valence electrons. The second-order valence-electron chi connectivity index (χ2n) is 7.17. The van der Waals surface area contributed by atoms with Gasteiger partial charge in [-0.2, -0.15) is 0 Å². The van der Waals surface area contributed by atoms with Crippen molar-refractivity contribution in [1.82, 2.24) is 14.8 Å². The summed E-state index contributed by atoms with van der Waals surface area (Å²) in [6, 6.07) is 22.7. The molecule has 2 aliphatic rings. The van der Waals surface area contributed by atoms with Crippen LogP contribution in [0.2, 0.25) is 0 Å². The fourth-order valence-corrected chi connectivity index (χ4v) is 3.84. The maximum Gasteiger partial charge on any atom is 0.123 e. The Balaban J connectivity index is 1.65. The van der Waals surface area contributed by atoms with Crippen molar-refractivity contribution in [2.24, 2.45) is 0 Å². The van der Waals surface area contributed by atoms with Gasteiger partial charge < -0.3 is 9.30 Å². The lowest BCUT2D eigenvalue weighted by molar-refractivity contribution is 0.340. The smallest absolute Gasteiger partial charge is 0.123 e. The summed E-state index contributed by atoms with van der Waals surface area (Å²) in [5.41, 5.74) is 5.58. The Labute approximate surface area is 173 Å². The van der Waals surface area contributed by atoms with E-state index in [0.29, 0.717) is 13.2 Å². The summed E-state index contributed by atoms with van der Waals surface area (Å²) in [6.07, 6.45) is 2.06. The number of benzene rings is 3. The lowest BCUT2D eigenvalue weighted by atomic mass is 10.0. The number of nitrogens with zero attached hydrogens (tertiary/aromatic N) is 3. The van der Waals surface area contributed by atoms with Crippen molar-refractivity contribution in [3.05, 3.63) is 90.4 Å². The van der Waals surface area contributed by atoms with Gasteiger partial charge in [-0.15, -0.1) is 10.2 Å². The van der Waals surface area contributed by atoms with Gasteiger partial charge in [-0.1, -0.05) is 30.3 Å². The number of ether oxygens (including phenoxy) is 1. The second-order valence-corrected chi connectivity index (χ2v) is 7.17. The quantitative estimate of drug-likeness (QED) is 0.377. The molecule has 2 heterocycles. The van der Waals surface area contributed by atoms with E-state index in [0.717, 1.165) is 44.7 Å². The molecule has 30 heavy (non-hydrogen) atoms. The third-order valence-electron chi connectivity index (χ3n) is 5.19. The molecule has 0 N–H and O–H groups in total. The molecule has 0 bridgehead atoms. The summed E-state index contributed by atoms with van der Waals surface area (Å²) in [4.78, 5) is 0. The zero-order chi connectivity index (χ0) is 20.5. The first-order valence-electron chi connectivity index (χ1n) is 9.95. The maximum absolute atomic E-state index is 13.7. The molecule has 2 aliphatic heterocycles. The van der Waals surface area contributed by atoms with Gasteiger partial charge in [0, 0.05) is 29.3 Å². The Morgan fingerprint density at radius 2 is 1.70 bits per heavy atom. The van der Waals surface area contributed by atoms with E-state index < -0.39 is 0 Å². The Hall–Kier alpha value is -3.73. The van der Waals surface area contributed by atoms with Crippen LogP contribution >= 0.6 is 0 Å². The van der Waals surface area contributed by atoms with Crippen molar-refractivity contribution in [2.45, 2.75) is 13.5 Å². The zero-order valence-electron chi connectivity index (χ0n) is 16.5. The maximum atomic E-state index is 13.7. The van der Waals surface area contributed by atoms with Gasteiger partial charge in [0.05, 0.1) is 12.1 Å². The van der Waals surface area contributed by atoms with Crippen LogP contribution in [0.25, 0.3) is 33.4 Å². The molecule has 0 saturated heterocycles. The van der Waals surface area contributed by atoms with Crippen molar-refractivity contribution >= 4 is 10.9 Å². The number of aromatic nitrogens is 3. The largest absolute Gasteiger partial charge is 0.494 e. The minimum atomic E-state index is -0.231. The van der Waals surface area contributed by atoms with Crippen LogP contribution in [-0.4, -0.2) is 21.4 Å². The van der Waals surface area contributed by atoms with E-state index in [1.54, 1.807) is 12.1 Å². The van der Waals surface area contributed by atoms with Crippen LogP contribution < -0.4 is 4.74 Å². The van der Waals surface area contributed by atoms with E-state index in [4.69, 9.17) is 4.74 Å². The normalized spacial score (nSPS) is 11.3. The number of hydrogen-bond donors (Lipinski definition) is 0. The number of rotatable bonds is 5. The van der Waals surface area contributed by atoms with Crippen molar-refractivity contribution in [2.75, 3.05) is 6.61 Å². The lowest BCUT2D eigenvalue weighted by Gasteiger charge is -2.15. The Morgan fingerprint density at radius 3 is 2.50 bits per heavy atom. The first kappa shape index (κ1) is 18.3. The monoisotopic (exact) mass is 397 g/mol. The molecule has 0 saturated carbocycles. The summed E-state index contributed by atoms with van der Waals surface area (Å²) in [6.45, 7) is 3.15. The van der Waals surface area contributed by atoms with E-state index in [1.807, 2.05) is 49.4 Å². The highest BCUT2D eigenvalue weighted by Gasteiger charge is 2.20. The minimum Gasteiger partial charge on any atom is -0.494 e. The first-order chi connectivity index (χ1) is 14.7. The predicted molar refractivity (Wildman–Crippen MR) is 116 cm³/mol. The lowest BCUT2D eigenvalue weighted by Crippen LogP contribution is -2.04. The summed E-state index contributed by atoms with van der Waals surface area (Å²) >= 11 is 0. The van der Waals surface area contributed by atoms with Crippen LogP contribution in [0, 0.1) is 5.82 Å². The minimum absolute atomic E-state index is 0.231. The number of para-hydroxylation sites is 1. The highest BCUT2D eigenvalue weighted by Crippen LogP contribution is 2.37. The number of fused-ring (bicyclic) bond motifs is 3.